The Kier molecular flexibility index (Phi) is 3.81. The molecule has 0 spiro atoms. The summed E-state index contributed by atoms with van der Waals surface area (Å²) in [5.74, 6) is 1.31. The monoisotopic (exact) mass is 336 g/mol. The zero-order chi connectivity index (χ0) is 17.2. The summed E-state index contributed by atoms with van der Waals surface area (Å²) in [7, 11) is 0. The van der Waals surface area contributed by atoms with Gasteiger partial charge >= 0.3 is 6.09 Å². The van der Waals surface area contributed by atoms with Crippen LogP contribution in [0.4, 0.5) is 4.79 Å². The first kappa shape index (κ1) is 15.2. The first-order valence-electron chi connectivity index (χ1n) is 7.95. The van der Waals surface area contributed by atoms with Crippen molar-refractivity contribution in [2.45, 2.75) is 12.3 Å². The number of benzene rings is 1. The van der Waals surface area contributed by atoms with Gasteiger partial charge in [-0.3, -0.25) is 4.57 Å². The third-order valence-electron chi connectivity index (χ3n) is 4.18. The quantitative estimate of drug-likeness (QED) is 0.762. The molecule has 0 radical (unpaired) electrons. The van der Waals surface area contributed by atoms with E-state index >= 15 is 0 Å². The molecule has 3 aromatic rings. The summed E-state index contributed by atoms with van der Waals surface area (Å²) in [6.45, 7) is 0.915. The van der Waals surface area contributed by atoms with Crippen molar-refractivity contribution in [1.82, 2.24) is 19.9 Å². The van der Waals surface area contributed by atoms with E-state index in [9.17, 15) is 4.79 Å². The molecule has 0 aliphatic carbocycles. The fourth-order valence-electron chi connectivity index (χ4n) is 2.93. The normalized spacial score (nSPS) is 16.6. The molecular formula is C18H16N4O3. The minimum absolute atomic E-state index is 0.249. The molecule has 126 valence electrons. The highest BCUT2D eigenvalue weighted by atomic mass is 16.5. The Morgan fingerprint density at radius 3 is 3.00 bits per heavy atom. The van der Waals surface area contributed by atoms with Gasteiger partial charge in [0.1, 0.15) is 12.1 Å². The van der Waals surface area contributed by atoms with Crippen LogP contribution in [0.15, 0.2) is 55.1 Å². The largest absolute Gasteiger partial charge is 0.464 e. The molecule has 7 nitrogen and oxygen atoms in total. The molecule has 0 fully saturated rings. The van der Waals surface area contributed by atoms with Crippen LogP contribution in [0.25, 0.3) is 10.9 Å². The molecule has 0 saturated heterocycles. The van der Waals surface area contributed by atoms with Gasteiger partial charge in [0.25, 0.3) is 0 Å². The SMILES string of the molecule is O=C(O)n1ccc2cc(Oc3cc(C4C=CNCC4)ncn3)ccc21. The molecule has 1 aliphatic rings. The highest BCUT2D eigenvalue weighted by molar-refractivity contribution is 5.89. The van der Waals surface area contributed by atoms with Gasteiger partial charge in [-0.1, -0.05) is 6.08 Å². The molecule has 1 atom stereocenters. The van der Waals surface area contributed by atoms with Crippen LogP contribution in [-0.2, 0) is 0 Å². The van der Waals surface area contributed by atoms with E-state index < -0.39 is 6.09 Å². The molecule has 0 saturated carbocycles. The second kappa shape index (κ2) is 6.27. The summed E-state index contributed by atoms with van der Waals surface area (Å²) < 4.78 is 7.01. The first-order valence-corrected chi connectivity index (χ1v) is 7.95. The minimum atomic E-state index is -1.01. The fourth-order valence-corrected chi connectivity index (χ4v) is 2.93. The zero-order valence-corrected chi connectivity index (χ0v) is 13.3. The summed E-state index contributed by atoms with van der Waals surface area (Å²) in [4.78, 5) is 19.7. The van der Waals surface area contributed by atoms with Gasteiger partial charge in [0.05, 0.1) is 11.2 Å². The minimum Gasteiger partial charge on any atom is -0.464 e. The average molecular weight is 336 g/mol. The van der Waals surface area contributed by atoms with Crippen LogP contribution in [0, 0.1) is 0 Å². The smallest absolute Gasteiger partial charge is 0.415 e. The fraction of sp³-hybridized carbons (Fsp3) is 0.167. The lowest BCUT2D eigenvalue weighted by molar-refractivity contribution is 0.197. The number of hydrogen-bond donors (Lipinski definition) is 2. The van der Waals surface area contributed by atoms with Gasteiger partial charge in [0.15, 0.2) is 0 Å². The molecular weight excluding hydrogens is 320 g/mol. The lowest BCUT2D eigenvalue weighted by atomic mass is 9.99. The predicted octanol–water partition coefficient (Wildman–Crippen LogP) is 3.34. The molecule has 0 amide bonds. The summed E-state index contributed by atoms with van der Waals surface area (Å²) in [5, 5.41) is 13.1. The van der Waals surface area contributed by atoms with Crippen LogP contribution in [0.2, 0.25) is 0 Å². The van der Waals surface area contributed by atoms with Gasteiger partial charge < -0.3 is 15.2 Å². The van der Waals surface area contributed by atoms with E-state index in [2.05, 4.69) is 21.4 Å². The third kappa shape index (κ3) is 3.03. The molecule has 0 bridgehead atoms. The van der Waals surface area contributed by atoms with Crippen molar-refractivity contribution in [2.24, 2.45) is 0 Å². The maximum absolute atomic E-state index is 11.1. The molecule has 1 unspecified atom stereocenters. The standard InChI is InChI=1S/C18H16N4O3/c23-18(24)22-8-5-13-9-14(1-2-16(13)22)25-17-10-15(20-11-21-17)12-3-6-19-7-4-12/h1-3,5-6,8-12,19H,4,7H2,(H,23,24). The van der Waals surface area contributed by atoms with Crippen LogP contribution < -0.4 is 10.1 Å². The van der Waals surface area contributed by atoms with Crippen LogP contribution in [0.3, 0.4) is 0 Å². The molecule has 3 heterocycles. The number of carbonyl (C=O) groups is 1. The number of nitrogens with one attached hydrogen (secondary N) is 1. The summed E-state index contributed by atoms with van der Waals surface area (Å²) in [6, 6.07) is 8.82. The Balaban J connectivity index is 1.59. The van der Waals surface area contributed by atoms with Crippen molar-refractivity contribution < 1.29 is 14.6 Å². The van der Waals surface area contributed by atoms with Crippen molar-refractivity contribution in [3.63, 3.8) is 0 Å². The van der Waals surface area contributed by atoms with Gasteiger partial charge in [0, 0.05) is 30.1 Å². The van der Waals surface area contributed by atoms with Crippen LogP contribution in [0.1, 0.15) is 18.0 Å². The molecule has 4 rings (SSSR count). The molecule has 2 N–H and O–H groups in total. The summed E-state index contributed by atoms with van der Waals surface area (Å²) in [6.07, 6.45) is 7.00. The topological polar surface area (TPSA) is 89.3 Å². The summed E-state index contributed by atoms with van der Waals surface area (Å²) in [5.41, 5.74) is 1.53. The first-order chi connectivity index (χ1) is 12.2. The van der Waals surface area contributed by atoms with Crippen molar-refractivity contribution in [3.05, 3.63) is 60.8 Å². The number of fused-ring (bicyclic) bond motifs is 1. The van der Waals surface area contributed by atoms with E-state index in [1.807, 2.05) is 12.3 Å². The predicted molar refractivity (Wildman–Crippen MR) is 92.0 cm³/mol. The van der Waals surface area contributed by atoms with E-state index in [1.165, 1.54) is 17.1 Å². The van der Waals surface area contributed by atoms with Crippen molar-refractivity contribution >= 4 is 17.0 Å². The molecule has 1 aromatic carbocycles. The van der Waals surface area contributed by atoms with E-state index in [0.29, 0.717) is 17.1 Å². The number of hydrogen-bond acceptors (Lipinski definition) is 5. The average Bonchev–Trinajstić information content (AvgIpc) is 3.06. The maximum Gasteiger partial charge on any atom is 0.415 e. The van der Waals surface area contributed by atoms with Crippen LogP contribution in [0.5, 0.6) is 11.6 Å². The number of nitrogens with zero attached hydrogens (tertiary/aromatic N) is 3. The Morgan fingerprint density at radius 1 is 1.28 bits per heavy atom. The highest BCUT2D eigenvalue weighted by Gasteiger charge is 2.14. The van der Waals surface area contributed by atoms with Gasteiger partial charge in [-0.15, -0.1) is 0 Å². The summed E-state index contributed by atoms with van der Waals surface area (Å²) >= 11 is 0. The van der Waals surface area contributed by atoms with Gasteiger partial charge in [0.2, 0.25) is 5.88 Å². The lowest BCUT2D eigenvalue weighted by Gasteiger charge is -2.17. The Bertz CT molecular complexity index is 964. The van der Waals surface area contributed by atoms with Gasteiger partial charge in [-0.2, -0.15) is 0 Å². The van der Waals surface area contributed by atoms with E-state index in [1.54, 1.807) is 24.3 Å². The number of carboxylic acid groups (broad SMARTS) is 1. The van der Waals surface area contributed by atoms with Gasteiger partial charge in [-0.25, -0.2) is 14.8 Å². The molecule has 1 aliphatic heterocycles. The Hall–Kier alpha value is -3.35. The van der Waals surface area contributed by atoms with E-state index in [0.717, 1.165) is 24.0 Å². The number of allylic oxidation sites excluding steroid dienone is 1. The van der Waals surface area contributed by atoms with Gasteiger partial charge in [-0.05, 0) is 36.9 Å². The van der Waals surface area contributed by atoms with Crippen molar-refractivity contribution in [3.8, 4) is 11.6 Å². The van der Waals surface area contributed by atoms with Crippen molar-refractivity contribution in [1.29, 1.82) is 0 Å². The van der Waals surface area contributed by atoms with Crippen LogP contribution in [-0.4, -0.2) is 32.3 Å². The Labute approximate surface area is 143 Å². The number of rotatable bonds is 3. The molecule has 25 heavy (non-hydrogen) atoms. The molecule has 7 heteroatoms. The highest BCUT2D eigenvalue weighted by Crippen LogP contribution is 2.28. The molecule has 2 aromatic heterocycles. The van der Waals surface area contributed by atoms with Crippen LogP contribution >= 0.6 is 0 Å². The zero-order valence-electron chi connectivity index (χ0n) is 13.3. The second-order valence-corrected chi connectivity index (χ2v) is 5.78. The second-order valence-electron chi connectivity index (χ2n) is 5.78. The van der Waals surface area contributed by atoms with Crippen molar-refractivity contribution in [2.75, 3.05) is 6.54 Å². The van der Waals surface area contributed by atoms with E-state index in [-0.39, 0.29) is 5.92 Å². The maximum atomic E-state index is 11.1. The lowest BCUT2D eigenvalue weighted by Crippen LogP contribution is -2.16. The number of ether oxygens (including phenoxy) is 1. The number of aromatic nitrogens is 3. The van der Waals surface area contributed by atoms with E-state index in [4.69, 9.17) is 9.84 Å². The third-order valence-corrected chi connectivity index (χ3v) is 4.18. The Morgan fingerprint density at radius 2 is 2.20 bits per heavy atom.